The van der Waals surface area contributed by atoms with Gasteiger partial charge in [-0.3, -0.25) is 0 Å². The van der Waals surface area contributed by atoms with Crippen molar-refractivity contribution in [1.29, 1.82) is 0 Å². The van der Waals surface area contributed by atoms with Crippen LogP contribution in [0.4, 0.5) is 26.3 Å². The second-order valence-corrected chi connectivity index (χ2v) is 3.71. The molecule has 0 fully saturated rings. The lowest BCUT2D eigenvalue weighted by Gasteiger charge is -2.10. The highest BCUT2D eigenvalue weighted by Crippen LogP contribution is 2.33. The van der Waals surface area contributed by atoms with Crippen molar-refractivity contribution in [3.63, 3.8) is 0 Å². The first kappa shape index (κ1) is 18.4. The molecule has 0 bridgehead atoms. The van der Waals surface area contributed by atoms with E-state index in [4.69, 9.17) is 0 Å². The molecule has 0 atom stereocenters. The van der Waals surface area contributed by atoms with Crippen LogP contribution in [0, 0.1) is 0 Å². The van der Waals surface area contributed by atoms with Crippen molar-refractivity contribution in [1.82, 2.24) is 14.8 Å². The molecular formula is C10H7F6N3O4. The second-order valence-electron chi connectivity index (χ2n) is 3.71. The number of aromatic nitrogens is 3. The van der Waals surface area contributed by atoms with Gasteiger partial charge in [-0.2, -0.15) is 31.3 Å². The van der Waals surface area contributed by atoms with Gasteiger partial charge >= 0.3 is 24.3 Å². The van der Waals surface area contributed by atoms with Crippen LogP contribution in [0.15, 0.2) is 6.08 Å². The molecule has 23 heavy (non-hydrogen) atoms. The minimum atomic E-state index is -5.39. The summed E-state index contributed by atoms with van der Waals surface area (Å²) >= 11 is 0. The minimum Gasteiger partial charge on any atom is -0.466 e. The number of halogens is 6. The van der Waals surface area contributed by atoms with Gasteiger partial charge in [0.15, 0.2) is 5.70 Å². The van der Waals surface area contributed by atoms with Crippen molar-refractivity contribution >= 4 is 17.6 Å². The first-order valence-electron chi connectivity index (χ1n) is 5.41. The van der Waals surface area contributed by atoms with Gasteiger partial charge < -0.3 is 9.47 Å². The lowest BCUT2D eigenvalue weighted by molar-refractivity contribution is -0.150. The zero-order valence-corrected chi connectivity index (χ0v) is 11.3. The molecule has 1 heterocycles. The van der Waals surface area contributed by atoms with Crippen molar-refractivity contribution in [2.24, 2.45) is 0 Å². The number of methoxy groups -OCH3 is 2. The summed E-state index contributed by atoms with van der Waals surface area (Å²) in [5.41, 5.74) is -1.25. The van der Waals surface area contributed by atoms with Crippen molar-refractivity contribution < 1.29 is 45.4 Å². The third kappa shape index (κ3) is 4.20. The molecule has 7 nitrogen and oxygen atoms in total. The lowest BCUT2D eigenvalue weighted by atomic mass is 10.4. The Morgan fingerprint density at radius 2 is 1.61 bits per heavy atom. The predicted molar refractivity (Wildman–Crippen MR) is 58.3 cm³/mol. The molecule has 0 saturated carbocycles. The van der Waals surface area contributed by atoms with Gasteiger partial charge in [0.1, 0.15) is 0 Å². The van der Waals surface area contributed by atoms with Gasteiger partial charge in [0.05, 0.1) is 20.3 Å². The molecule has 1 aromatic heterocycles. The van der Waals surface area contributed by atoms with Crippen molar-refractivity contribution in [3.8, 4) is 0 Å². The fraction of sp³-hybridized carbons (Fsp3) is 0.400. The van der Waals surface area contributed by atoms with Crippen LogP contribution >= 0.6 is 0 Å². The van der Waals surface area contributed by atoms with Crippen molar-refractivity contribution in [2.75, 3.05) is 14.2 Å². The molecule has 0 amide bonds. The standard InChI is InChI=1S/C10H7F6N3O4/c1-22-5(20)3-4(6(21)23-2)19-8(10(14,15)16)17-7(18-19)9(11,12)13/h3H,1-2H3/b4-3+. The highest BCUT2D eigenvalue weighted by atomic mass is 19.4. The SMILES string of the molecule is COC(=O)/C=C(\C(=O)OC)n1nc(C(F)(F)F)nc1C(F)(F)F. The van der Waals surface area contributed by atoms with E-state index >= 15 is 0 Å². The van der Waals surface area contributed by atoms with Crippen LogP contribution in [-0.2, 0) is 31.4 Å². The van der Waals surface area contributed by atoms with Crippen LogP contribution in [0.1, 0.15) is 11.6 Å². The Kier molecular flexibility index (Phi) is 5.02. The van der Waals surface area contributed by atoms with E-state index < -0.39 is 46.3 Å². The largest absolute Gasteiger partial charge is 0.466 e. The van der Waals surface area contributed by atoms with Crippen LogP contribution in [0.2, 0.25) is 0 Å². The van der Waals surface area contributed by atoms with Gasteiger partial charge in [0.2, 0.25) is 5.82 Å². The summed E-state index contributed by atoms with van der Waals surface area (Å²) < 4.78 is 83.7. The third-order valence-electron chi connectivity index (χ3n) is 2.19. The zero-order valence-electron chi connectivity index (χ0n) is 11.3. The molecule has 0 aliphatic heterocycles. The van der Waals surface area contributed by atoms with E-state index in [1.54, 1.807) is 0 Å². The highest BCUT2D eigenvalue weighted by molar-refractivity contribution is 6.14. The van der Waals surface area contributed by atoms with E-state index in [0.717, 1.165) is 14.2 Å². The molecule has 128 valence electrons. The summed E-state index contributed by atoms with van der Waals surface area (Å²) in [6, 6.07) is 0. The Hall–Kier alpha value is -2.60. The Morgan fingerprint density at radius 1 is 1.04 bits per heavy atom. The predicted octanol–water partition coefficient (Wildman–Crippen LogP) is 1.50. The smallest absolute Gasteiger partial charge is 0.453 e. The number of ether oxygens (including phenoxy) is 2. The van der Waals surface area contributed by atoms with Crippen LogP contribution in [0.5, 0.6) is 0 Å². The number of carbonyl (C=O) groups excluding carboxylic acids is 2. The number of carbonyl (C=O) groups is 2. The topological polar surface area (TPSA) is 83.3 Å². The highest BCUT2D eigenvalue weighted by Gasteiger charge is 2.45. The Labute approximate surface area is 123 Å². The van der Waals surface area contributed by atoms with Crippen molar-refractivity contribution in [2.45, 2.75) is 12.4 Å². The first-order chi connectivity index (χ1) is 10.4. The van der Waals surface area contributed by atoms with Gasteiger partial charge in [-0.15, -0.1) is 5.10 Å². The number of nitrogens with zero attached hydrogens (tertiary/aromatic N) is 3. The molecule has 1 aromatic rings. The Balaban J connectivity index is 3.64. The molecule has 1 rings (SSSR count). The number of hydrogen-bond donors (Lipinski definition) is 0. The van der Waals surface area contributed by atoms with Gasteiger partial charge in [-0.25, -0.2) is 14.3 Å². The fourth-order valence-electron chi connectivity index (χ4n) is 1.27. The number of hydrogen-bond acceptors (Lipinski definition) is 6. The van der Waals surface area contributed by atoms with Crippen LogP contribution in [-0.4, -0.2) is 40.9 Å². The summed E-state index contributed by atoms with van der Waals surface area (Å²) in [4.78, 5) is 24.9. The minimum absolute atomic E-state index is 0.190. The molecule has 0 aliphatic rings. The summed E-state index contributed by atoms with van der Waals surface area (Å²) in [7, 11) is 1.57. The van der Waals surface area contributed by atoms with Gasteiger partial charge in [0.25, 0.3) is 5.82 Å². The molecule has 0 unspecified atom stereocenters. The maximum Gasteiger partial charge on any atom is 0.453 e. The van der Waals surface area contributed by atoms with Crippen LogP contribution in [0.3, 0.4) is 0 Å². The maximum absolute atomic E-state index is 12.8. The quantitative estimate of drug-likeness (QED) is 0.468. The van der Waals surface area contributed by atoms with E-state index in [1.807, 2.05) is 0 Å². The molecule has 0 aliphatic carbocycles. The van der Waals surface area contributed by atoms with E-state index in [1.165, 1.54) is 0 Å². The van der Waals surface area contributed by atoms with Gasteiger partial charge in [-0.05, 0) is 0 Å². The molecule has 0 spiro atoms. The molecule has 0 saturated heterocycles. The van der Waals surface area contributed by atoms with E-state index in [2.05, 4.69) is 19.6 Å². The number of rotatable bonds is 3. The molecule has 13 heteroatoms. The lowest BCUT2D eigenvalue weighted by Crippen LogP contribution is -2.21. The fourth-order valence-corrected chi connectivity index (χ4v) is 1.27. The monoisotopic (exact) mass is 347 g/mol. The normalized spacial score (nSPS) is 13.0. The molecule has 0 aromatic carbocycles. The van der Waals surface area contributed by atoms with Crippen LogP contribution in [0.25, 0.3) is 5.70 Å². The summed E-state index contributed by atoms with van der Waals surface area (Å²) in [6.07, 6.45) is -10.5. The molecule has 0 radical (unpaired) electrons. The molecule has 0 N–H and O–H groups in total. The first-order valence-corrected chi connectivity index (χ1v) is 5.41. The Bertz CT molecular complexity index is 646. The summed E-state index contributed by atoms with van der Waals surface area (Å²) in [5.74, 6) is -7.18. The zero-order chi connectivity index (χ0) is 18.0. The van der Waals surface area contributed by atoms with Crippen LogP contribution < -0.4 is 0 Å². The number of esters is 2. The Morgan fingerprint density at radius 3 is 2.00 bits per heavy atom. The van der Waals surface area contributed by atoms with E-state index in [-0.39, 0.29) is 6.08 Å². The average molecular weight is 347 g/mol. The second kappa shape index (κ2) is 6.26. The van der Waals surface area contributed by atoms with Gasteiger partial charge in [-0.1, -0.05) is 0 Å². The summed E-state index contributed by atoms with van der Waals surface area (Å²) in [5, 5.41) is 2.59. The van der Waals surface area contributed by atoms with Gasteiger partial charge in [0, 0.05) is 0 Å². The van der Waals surface area contributed by atoms with E-state index in [0.29, 0.717) is 0 Å². The summed E-state index contributed by atoms with van der Waals surface area (Å²) in [6.45, 7) is 0. The number of alkyl halides is 6. The third-order valence-corrected chi connectivity index (χ3v) is 2.19. The molecular weight excluding hydrogens is 340 g/mol. The average Bonchev–Trinajstić information content (AvgIpc) is 2.88. The van der Waals surface area contributed by atoms with Crippen molar-refractivity contribution in [3.05, 3.63) is 17.7 Å². The van der Waals surface area contributed by atoms with E-state index in [9.17, 15) is 35.9 Å². The maximum atomic E-state index is 12.8.